The van der Waals surface area contributed by atoms with Gasteiger partial charge in [-0.3, -0.25) is 4.79 Å². The molecule has 2 rings (SSSR count). The highest BCUT2D eigenvalue weighted by molar-refractivity contribution is 7.98. The number of hydrogen-bond donors (Lipinski definition) is 0. The van der Waals surface area contributed by atoms with E-state index in [4.69, 9.17) is 14.7 Å². The number of rotatable bonds is 9. The average molecular weight is 443 g/mol. The molecule has 10 heteroatoms. The molecule has 0 bridgehead atoms. The van der Waals surface area contributed by atoms with Crippen molar-refractivity contribution < 1.29 is 14.0 Å². The van der Waals surface area contributed by atoms with Crippen molar-refractivity contribution in [3.63, 3.8) is 0 Å². The summed E-state index contributed by atoms with van der Waals surface area (Å²) in [5.41, 5.74) is 8.44. The number of thioether (sulfide) groups is 1. The third-order valence-corrected chi connectivity index (χ3v) is 7.04. The fraction of sp³-hybridized carbons (Fsp3) is 0.722. The Balaban J connectivity index is 2.43. The minimum Gasteiger partial charge on any atom is -0.405 e. The molecule has 1 aromatic heterocycles. The van der Waals surface area contributed by atoms with Crippen LogP contribution in [0, 0.1) is 0 Å². The largest absolute Gasteiger partial charge is 0.405 e. The predicted octanol–water partition coefficient (Wildman–Crippen LogP) is 5.04. The lowest BCUT2D eigenvalue weighted by atomic mass is 10.1. The first-order valence-electron chi connectivity index (χ1n) is 9.32. The van der Waals surface area contributed by atoms with Crippen molar-refractivity contribution in [3.8, 4) is 0 Å². The number of amides is 1. The van der Waals surface area contributed by atoms with E-state index >= 15 is 0 Å². The summed E-state index contributed by atoms with van der Waals surface area (Å²) in [6, 6.07) is 3.06. The Labute approximate surface area is 176 Å². The quantitative estimate of drug-likeness (QED) is 0.232. The zero-order valence-corrected chi connectivity index (χ0v) is 20.0. The summed E-state index contributed by atoms with van der Waals surface area (Å²) in [7, 11) is -2.10. The maximum Gasteiger partial charge on any atom is 0.253 e. The lowest BCUT2D eigenvalue weighted by Crippen LogP contribution is -2.55. The molecular weight excluding hydrogens is 412 g/mol. The Morgan fingerprint density at radius 1 is 1.57 bits per heavy atom. The van der Waals surface area contributed by atoms with Crippen molar-refractivity contribution in [1.29, 1.82) is 0 Å². The zero-order valence-electron chi connectivity index (χ0n) is 17.4. The van der Waals surface area contributed by atoms with Crippen LogP contribution in [0.3, 0.4) is 0 Å². The van der Waals surface area contributed by atoms with Crippen molar-refractivity contribution in [2.24, 2.45) is 5.11 Å². The van der Waals surface area contributed by atoms with Crippen molar-refractivity contribution in [2.75, 3.05) is 18.6 Å². The maximum absolute atomic E-state index is 13.8. The van der Waals surface area contributed by atoms with E-state index in [1.165, 1.54) is 11.3 Å². The van der Waals surface area contributed by atoms with E-state index in [2.05, 4.69) is 16.3 Å². The number of thiophene rings is 1. The molecule has 156 valence electrons. The van der Waals surface area contributed by atoms with Gasteiger partial charge in [-0.1, -0.05) is 11.2 Å². The molecule has 7 nitrogen and oxygen atoms in total. The third-order valence-electron chi connectivity index (χ3n) is 4.49. The molecule has 1 aromatic rings. The predicted molar refractivity (Wildman–Crippen MR) is 118 cm³/mol. The van der Waals surface area contributed by atoms with E-state index in [1.807, 2.05) is 55.9 Å². The van der Waals surface area contributed by atoms with Crippen molar-refractivity contribution >= 4 is 37.3 Å². The molecule has 1 saturated heterocycles. The van der Waals surface area contributed by atoms with Gasteiger partial charge in [0.05, 0.1) is 12.6 Å². The molecule has 28 heavy (non-hydrogen) atoms. The average Bonchev–Trinajstić information content (AvgIpc) is 3.22. The molecule has 0 aromatic carbocycles. The Hall–Kier alpha value is -1.03. The van der Waals surface area contributed by atoms with Crippen LogP contribution < -0.4 is 0 Å². The molecule has 1 amide bonds. The Bertz CT molecular complexity index is 702. The molecule has 0 spiro atoms. The molecule has 1 aliphatic rings. The molecule has 0 saturated carbocycles. The molecule has 0 radical (unpaired) electrons. The van der Waals surface area contributed by atoms with Gasteiger partial charge in [-0.05, 0) is 68.9 Å². The van der Waals surface area contributed by atoms with E-state index in [-0.39, 0.29) is 11.9 Å². The summed E-state index contributed by atoms with van der Waals surface area (Å²) in [6.07, 6.45) is 2.04. The highest BCUT2D eigenvalue weighted by Gasteiger charge is 2.48. The first kappa shape index (κ1) is 23.2. The second-order valence-electron chi connectivity index (χ2n) is 8.22. The summed E-state index contributed by atoms with van der Waals surface area (Å²) in [4.78, 5) is 19.4. The molecule has 0 N–H and O–H groups in total. The summed E-state index contributed by atoms with van der Waals surface area (Å²) < 4.78 is 12.3. The normalized spacial score (nSPS) is 21.2. The standard InChI is InChI=1S/C18H30N4O3S2Si/c1-18(2)22(13(12-24-18)9-11-26-3)17(23)16(25-28(4,5)6)15(20-21-19)14-8-7-10-27-14/h7-8,10,13,15-16H,9,11-12H2,1-6H3/t13-,15-,16-/m0/s1. The van der Waals surface area contributed by atoms with Crippen molar-refractivity contribution in [2.45, 2.75) is 63.8 Å². The van der Waals surface area contributed by atoms with E-state index < -0.39 is 26.2 Å². The van der Waals surface area contributed by atoms with Gasteiger partial charge in [0, 0.05) is 9.79 Å². The highest BCUT2D eigenvalue weighted by atomic mass is 32.2. The van der Waals surface area contributed by atoms with Crippen LogP contribution >= 0.6 is 23.1 Å². The smallest absolute Gasteiger partial charge is 0.253 e. The van der Waals surface area contributed by atoms with Crippen LogP contribution in [0.2, 0.25) is 19.6 Å². The molecule has 0 aliphatic carbocycles. The SMILES string of the molecule is CSCC[C@H]1COC(C)(C)N1C(=O)[C@@H](O[Si](C)(C)C)[C@@H](N=[N+]=[N-])c1cccs1. The van der Waals surface area contributed by atoms with Crippen LogP contribution in [0.25, 0.3) is 10.4 Å². The van der Waals surface area contributed by atoms with Crippen LogP contribution in [-0.2, 0) is 14.0 Å². The van der Waals surface area contributed by atoms with E-state index in [0.29, 0.717) is 6.61 Å². The summed E-state index contributed by atoms with van der Waals surface area (Å²) in [6.45, 7) is 10.4. The van der Waals surface area contributed by atoms with Crippen LogP contribution in [-0.4, -0.2) is 55.6 Å². The maximum atomic E-state index is 13.8. The number of hydrogen-bond acceptors (Lipinski definition) is 6. The van der Waals surface area contributed by atoms with Gasteiger partial charge >= 0.3 is 0 Å². The van der Waals surface area contributed by atoms with Gasteiger partial charge in [0.2, 0.25) is 0 Å². The topological polar surface area (TPSA) is 87.5 Å². The van der Waals surface area contributed by atoms with Gasteiger partial charge < -0.3 is 14.1 Å². The third kappa shape index (κ3) is 5.74. The molecule has 2 heterocycles. The number of carbonyl (C=O) groups is 1. The van der Waals surface area contributed by atoms with Gasteiger partial charge in [-0.15, -0.1) is 11.3 Å². The first-order chi connectivity index (χ1) is 13.1. The summed E-state index contributed by atoms with van der Waals surface area (Å²) in [5, 5.41) is 5.89. The van der Waals surface area contributed by atoms with Gasteiger partial charge in [0.1, 0.15) is 17.9 Å². The lowest BCUT2D eigenvalue weighted by Gasteiger charge is -2.39. The minimum absolute atomic E-state index is 0.0160. The van der Waals surface area contributed by atoms with Crippen LogP contribution in [0.5, 0.6) is 0 Å². The van der Waals surface area contributed by atoms with E-state index in [0.717, 1.165) is 17.1 Å². The first-order valence-corrected chi connectivity index (χ1v) is 15.0. The number of ether oxygens (including phenoxy) is 1. The summed E-state index contributed by atoms with van der Waals surface area (Å²) >= 11 is 3.22. The second-order valence-corrected chi connectivity index (χ2v) is 14.6. The molecule has 3 atom stereocenters. The monoisotopic (exact) mass is 442 g/mol. The highest BCUT2D eigenvalue weighted by Crippen LogP contribution is 2.36. The number of carbonyl (C=O) groups excluding carboxylic acids is 1. The molecule has 1 aliphatic heterocycles. The van der Waals surface area contributed by atoms with Crippen LogP contribution in [0.4, 0.5) is 0 Å². The molecular formula is C18H30N4O3S2Si. The van der Waals surface area contributed by atoms with Gasteiger partial charge in [-0.2, -0.15) is 11.8 Å². The van der Waals surface area contributed by atoms with Crippen molar-refractivity contribution in [3.05, 3.63) is 32.8 Å². The molecule has 0 unspecified atom stereocenters. The fourth-order valence-corrected chi connectivity index (χ4v) is 5.63. The van der Waals surface area contributed by atoms with E-state index in [1.54, 1.807) is 11.8 Å². The van der Waals surface area contributed by atoms with Gasteiger partial charge in [0.15, 0.2) is 8.32 Å². The van der Waals surface area contributed by atoms with Crippen LogP contribution in [0.1, 0.15) is 31.2 Å². The van der Waals surface area contributed by atoms with E-state index in [9.17, 15) is 4.79 Å². The molecule has 1 fully saturated rings. The Morgan fingerprint density at radius 2 is 2.29 bits per heavy atom. The fourth-order valence-electron chi connectivity index (χ4n) is 3.35. The van der Waals surface area contributed by atoms with Crippen LogP contribution in [0.15, 0.2) is 22.6 Å². The number of azide groups is 1. The lowest BCUT2D eigenvalue weighted by molar-refractivity contribution is -0.155. The summed E-state index contributed by atoms with van der Waals surface area (Å²) in [5.74, 6) is 0.778. The minimum atomic E-state index is -2.10. The van der Waals surface area contributed by atoms with Gasteiger partial charge in [-0.25, -0.2) is 0 Å². The number of nitrogens with zero attached hydrogens (tertiary/aromatic N) is 4. The Kier molecular flexibility index (Phi) is 8.01. The van der Waals surface area contributed by atoms with Gasteiger partial charge in [0.25, 0.3) is 5.91 Å². The van der Waals surface area contributed by atoms with Crippen molar-refractivity contribution in [1.82, 2.24) is 4.90 Å². The Morgan fingerprint density at radius 3 is 2.82 bits per heavy atom. The zero-order chi connectivity index (χ0) is 20.9. The second kappa shape index (κ2) is 9.64.